The molecular weight excluding hydrogens is 220 g/mol. The van der Waals surface area contributed by atoms with E-state index in [0.717, 1.165) is 23.7 Å². The van der Waals surface area contributed by atoms with Crippen LogP contribution in [-0.4, -0.2) is 9.78 Å². The van der Waals surface area contributed by atoms with Crippen molar-refractivity contribution in [2.24, 2.45) is 5.92 Å². The third kappa shape index (κ3) is 1.96. The van der Waals surface area contributed by atoms with Crippen molar-refractivity contribution in [2.75, 3.05) is 0 Å². The molecule has 1 saturated carbocycles. The van der Waals surface area contributed by atoms with Gasteiger partial charge in [0, 0.05) is 11.9 Å². The number of hydrogen-bond donors (Lipinski definition) is 0. The first-order valence-corrected chi connectivity index (χ1v) is 6.87. The molecule has 0 aliphatic heterocycles. The number of allylic oxidation sites excluding steroid dienone is 1. The predicted octanol–water partition coefficient (Wildman–Crippen LogP) is 4.26. The van der Waals surface area contributed by atoms with Gasteiger partial charge >= 0.3 is 0 Å². The second kappa shape index (κ2) is 4.60. The van der Waals surface area contributed by atoms with Gasteiger partial charge in [-0.1, -0.05) is 37.6 Å². The van der Waals surface area contributed by atoms with E-state index in [9.17, 15) is 0 Å². The highest BCUT2D eigenvalue weighted by Crippen LogP contribution is 2.29. The van der Waals surface area contributed by atoms with Crippen LogP contribution in [-0.2, 0) is 6.54 Å². The molecule has 18 heavy (non-hydrogen) atoms. The molecule has 0 spiro atoms. The first-order chi connectivity index (χ1) is 8.75. The van der Waals surface area contributed by atoms with E-state index < -0.39 is 0 Å². The third-order valence-electron chi connectivity index (χ3n) is 3.97. The molecule has 0 N–H and O–H groups in total. The fraction of sp³-hybridized carbons (Fsp3) is 0.438. The summed E-state index contributed by atoms with van der Waals surface area (Å²) in [5.41, 5.74) is 3.36. The SMILES string of the molecule is C=C(C)c1nn(CC2CCCC2)c2ccccc12. The molecule has 0 bridgehead atoms. The Kier molecular flexibility index (Phi) is 2.94. The molecular formula is C16H20N2. The Bertz CT molecular complexity index is 574. The topological polar surface area (TPSA) is 17.8 Å². The Balaban J connectivity index is 2.02. The smallest absolute Gasteiger partial charge is 0.0952 e. The van der Waals surface area contributed by atoms with E-state index >= 15 is 0 Å². The summed E-state index contributed by atoms with van der Waals surface area (Å²) in [7, 11) is 0. The van der Waals surface area contributed by atoms with Crippen molar-refractivity contribution < 1.29 is 0 Å². The summed E-state index contributed by atoms with van der Waals surface area (Å²) in [6.07, 6.45) is 5.49. The zero-order valence-corrected chi connectivity index (χ0v) is 11.0. The Labute approximate surface area is 108 Å². The molecule has 1 aliphatic rings. The van der Waals surface area contributed by atoms with Crippen molar-refractivity contribution in [3.8, 4) is 0 Å². The second-order valence-electron chi connectivity index (χ2n) is 5.48. The lowest BCUT2D eigenvalue weighted by Gasteiger charge is -2.09. The van der Waals surface area contributed by atoms with Crippen LogP contribution in [0.1, 0.15) is 38.3 Å². The van der Waals surface area contributed by atoms with Crippen LogP contribution in [0.25, 0.3) is 16.5 Å². The molecule has 0 saturated heterocycles. The minimum atomic E-state index is 0.811. The highest BCUT2D eigenvalue weighted by atomic mass is 15.3. The Morgan fingerprint density at radius 3 is 2.78 bits per heavy atom. The average molecular weight is 240 g/mol. The Morgan fingerprint density at radius 2 is 2.06 bits per heavy atom. The number of aromatic nitrogens is 2. The van der Waals surface area contributed by atoms with E-state index in [-0.39, 0.29) is 0 Å². The van der Waals surface area contributed by atoms with Gasteiger partial charge in [-0.05, 0) is 37.3 Å². The molecule has 1 aromatic carbocycles. The van der Waals surface area contributed by atoms with Crippen LogP contribution in [0.5, 0.6) is 0 Å². The Morgan fingerprint density at radius 1 is 1.33 bits per heavy atom. The molecule has 1 fully saturated rings. The predicted molar refractivity (Wildman–Crippen MR) is 76.4 cm³/mol. The van der Waals surface area contributed by atoms with Crippen molar-refractivity contribution >= 4 is 16.5 Å². The molecule has 3 rings (SSSR count). The third-order valence-corrected chi connectivity index (χ3v) is 3.97. The summed E-state index contributed by atoms with van der Waals surface area (Å²) in [6, 6.07) is 8.49. The zero-order chi connectivity index (χ0) is 12.5. The highest BCUT2D eigenvalue weighted by molar-refractivity contribution is 5.89. The van der Waals surface area contributed by atoms with Crippen molar-refractivity contribution in [1.29, 1.82) is 0 Å². The summed E-state index contributed by atoms with van der Waals surface area (Å²) < 4.78 is 2.19. The van der Waals surface area contributed by atoms with Crippen molar-refractivity contribution in [3.63, 3.8) is 0 Å². The van der Waals surface area contributed by atoms with Gasteiger partial charge in [0.2, 0.25) is 0 Å². The number of fused-ring (bicyclic) bond motifs is 1. The maximum absolute atomic E-state index is 4.77. The molecule has 1 heterocycles. The first-order valence-electron chi connectivity index (χ1n) is 6.87. The first kappa shape index (κ1) is 11.5. The van der Waals surface area contributed by atoms with Crippen LogP contribution in [0.3, 0.4) is 0 Å². The van der Waals surface area contributed by atoms with Gasteiger partial charge in [-0.2, -0.15) is 5.10 Å². The number of benzene rings is 1. The lowest BCUT2D eigenvalue weighted by atomic mass is 10.1. The quantitative estimate of drug-likeness (QED) is 0.783. The van der Waals surface area contributed by atoms with Gasteiger partial charge in [0.1, 0.15) is 0 Å². The van der Waals surface area contributed by atoms with Crippen LogP contribution in [0, 0.1) is 5.92 Å². The number of hydrogen-bond acceptors (Lipinski definition) is 1. The van der Waals surface area contributed by atoms with E-state index in [4.69, 9.17) is 5.10 Å². The zero-order valence-electron chi connectivity index (χ0n) is 11.0. The number of rotatable bonds is 3. The van der Waals surface area contributed by atoms with Crippen LogP contribution in [0.15, 0.2) is 30.8 Å². The summed E-state index contributed by atoms with van der Waals surface area (Å²) in [4.78, 5) is 0. The van der Waals surface area contributed by atoms with E-state index in [0.29, 0.717) is 0 Å². The van der Waals surface area contributed by atoms with Crippen LogP contribution < -0.4 is 0 Å². The lowest BCUT2D eigenvalue weighted by molar-refractivity contribution is 0.437. The highest BCUT2D eigenvalue weighted by Gasteiger charge is 2.18. The lowest BCUT2D eigenvalue weighted by Crippen LogP contribution is -2.08. The van der Waals surface area contributed by atoms with E-state index in [2.05, 4.69) is 35.5 Å². The van der Waals surface area contributed by atoms with E-state index in [1.54, 1.807) is 0 Å². The van der Waals surface area contributed by atoms with Gasteiger partial charge in [-0.3, -0.25) is 4.68 Å². The molecule has 0 atom stereocenters. The normalized spacial score (nSPS) is 16.5. The maximum atomic E-state index is 4.77. The minimum absolute atomic E-state index is 0.811. The summed E-state index contributed by atoms with van der Waals surface area (Å²) >= 11 is 0. The summed E-state index contributed by atoms with van der Waals surface area (Å²) in [6.45, 7) is 7.14. The van der Waals surface area contributed by atoms with Gasteiger partial charge in [-0.25, -0.2) is 0 Å². The number of nitrogens with zero attached hydrogens (tertiary/aromatic N) is 2. The van der Waals surface area contributed by atoms with Gasteiger partial charge in [0.15, 0.2) is 0 Å². The van der Waals surface area contributed by atoms with Crippen molar-refractivity contribution in [1.82, 2.24) is 9.78 Å². The molecule has 2 aromatic rings. The van der Waals surface area contributed by atoms with Gasteiger partial charge in [-0.15, -0.1) is 0 Å². The van der Waals surface area contributed by atoms with Gasteiger partial charge < -0.3 is 0 Å². The molecule has 2 heteroatoms. The van der Waals surface area contributed by atoms with E-state index in [1.165, 1.54) is 36.6 Å². The molecule has 1 aromatic heterocycles. The minimum Gasteiger partial charge on any atom is -0.264 e. The largest absolute Gasteiger partial charge is 0.264 e. The molecule has 0 amide bonds. The molecule has 0 unspecified atom stereocenters. The van der Waals surface area contributed by atoms with Crippen molar-refractivity contribution in [3.05, 3.63) is 36.5 Å². The fourth-order valence-corrected chi connectivity index (χ4v) is 3.02. The second-order valence-corrected chi connectivity index (χ2v) is 5.48. The molecule has 1 aliphatic carbocycles. The van der Waals surface area contributed by atoms with Crippen molar-refractivity contribution in [2.45, 2.75) is 39.2 Å². The fourth-order valence-electron chi connectivity index (χ4n) is 3.02. The summed E-state index contributed by atoms with van der Waals surface area (Å²) in [5.74, 6) is 0.811. The monoisotopic (exact) mass is 240 g/mol. The molecule has 94 valence electrons. The average Bonchev–Trinajstić information content (AvgIpc) is 2.98. The van der Waals surface area contributed by atoms with E-state index in [1.807, 2.05) is 6.92 Å². The van der Waals surface area contributed by atoms with Gasteiger partial charge in [0.05, 0.1) is 11.2 Å². The standard InChI is InChI=1S/C16H20N2/c1-12(2)16-14-9-5-6-10-15(14)18(17-16)11-13-7-3-4-8-13/h5-6,9-10,13H,1,3-4,7-8,11H2,2H3. The molecule has 0 radical (unpaired) electrons. The van der Waals surface area contributed by atoms with Gasteiger partial charge in [0.25, 0.3) is 0 Å². The van der Waals surface area contributed by atoms with Crippen LogP contribution in [0.4, 0.5) is 0 Å². The van der Waals surface area contributed by atoms with Crippen LogP contribution in [0.2, 0.25) is 0 Å². The number of para-hydroxylation sites is 1. The van der Waals surface area contributed by atoms with Crippen LogP contribution >= 0.6 is 0 Å². The molecule has 2 nitrogen and oxygen atoms in total. The summed E-state index contributed by atoms with van der Waals surface area (Å²) in [5, 5.41) is 6.01. The Hall–Kier alpha value is -1.57. The maximum Gasteiger partial charge on any atom is 0.0952 e.